The lowest BCUT2D eigenvalue weighted by molar-refractivity contribution is -0.127. The van der Waals surface area contributed by atoms with Crippen molar-refractivity contribution in [1.82, 2.24) is 10.4 Å². The Morgan fingerprint density at radius 3 is 2.74 bits per heavy atom. The molecule has 0 radical (unpaired) electrons. The molecule has 0 saturated heterocycles. The lowest BCUT2D eigenvalue weighted by Gasteiger charge is -2.19. The first kappa shape index (κ1) is 12.2. The fourth-order valence-corrected chi connectivity index (χ4v) is 2.61. The van der Waals surface area contributed by atoms with Crippen LogP contribution >= 0.6 is 0 Å². The third-order valence-electron chi connectivity index (χ3n) is 3.79. The Labute approximate surface area is 111 Å². The monoisotopic (exact) mass is 259 g/mol. The largest absolute Gasteiger partial charge is 0.326 e. The van der Waals surface area contributed by atoms with Crippen molar-refractivity contribution in [1.29, 1.82) is 0 Å². The number of fused-ring (bicyclic) bond motifs is 1. The zero-order valence-electron chi connectivity index (χ0n) is 11.1. The molecule has 100 valence electrons. The van der Waals surface area contributed by atoms with Crippen molar-refractivity contribution in [2.45, 2.75) is 24.7 Å². The number of anilines is 1. The van der Waals surface area contributed by atoms with Crippen molar-refractivity contribution in [3.05, 3.63) is 29.3 Å². The number of hydrazine groups is 1. The van der Waals surface area contributed by atoms with Crippen LogP contribution in [0.3, 0.4) is 0 Å². The molecule has 0 bridgehead atoms. The summed E-state index contributed by atoms with van der Waals surface area (Å²) in [6.07, 6.45) is 2.15. The second-order valence-corrected chi connectivity index (χ2v) is 5.51. The first-order valence-electron chi connectivity index (χ1n) is 6.43. The van der Waals surface area contributed by atoms with E-state index >= 15 is 0 Å². The zero-order chi connectivity index (χ0) is 13.6. The third kappa shape index (κ3) is 2.00. The Hall–Kier alpha value is -1.88. The number of amides is 2. The van der Waals surface area contributed by atoms with Gasteiger partial charge in [0.25, 0.3) is 0 Å². The van der Waals surface area contributed by atoms with Gasteiger partial charge in [-0.1, -0.05) is 12.1 Å². The van der Waals surface area contributed by atoms with Gasteiger partial charge in [0, 0.05) is 19.8 Å². The maximum absolute atomic E-state index is 12.3. The van der Waals surface area contributed by atoms with Crippen LogP contribution in [0.2, 0.25) is 0 Å². The molecule has 5 nitrogen and oxygen atoms in total. The SMILES string of the molecule is CN(C)NC(=O)C1(c2ccc3c(c2)CC(=O)N3)CC1. The predicted molar refractivity (Wildman–Crippen MR) is 71.5 cm³/mol. The van der Waals surface area contributed by atoms with Crippen LogP contribution in [0.4, 0.5) is 5.69 Å². The van der Waals surface area contributed by atoms with E-state index in [2.05, 4.69) is 10.7 Å². The van der Waals surface area contributed by atoms with E-state index in [0.717, 1.165) is 29.7 Å². The second kappa shape index (κ2) is 4.06. The van der Waals surface area contributed by atoms with Gasteiger partial charge in [-0.3, -0.25) is 15.0 Å². The average molecular weight is 259 g/mol. The minimum atomic E-state index is -0.398. The first-order chi connectivity index (χ1) is 9.01. The lowest BCUT2D eigenvalue weighted by atomic mass is 9.93. The Morgan fingerprint density at radius 2 is 2.11 bits per heavy atom. The molecule has 1 saturated carbocycles. The molecule has 1 heterocycles. The van der Waals surface area contributed by atoms with Gasteiger partial charge in [-0.15, -0.1) is 0 Å². The zero-order valence-corrected chi connectivity index (χ0v) is 11.1. The number of rotatable bonds is 3. The van der Waals surface area contributed by atoms with Gasteiger partial charge < -0.3 is 5.32 Å². The van der Waals surface area contributed by atoms with Crippen LogP contribution in [0.5, 0.6) is 0 Å². The van der Waals surface area contributed by atoms with Gasteiger partial charge in [-0.05, 0) is 30.0 Å². The minimum absolute atomic E-state index is 0.0229. The number of hydrogen-bond donors (Lipinski definition) is 2. The van der Waals surface area contributed by atoms with Crippen LogP contribution in [0, 0.1) is 0 Å². The number of nitrogens with zero attached hydrogens (tertiary/aromatic N) is 1. The Balaban J connectivity index is 1.89. The van der Waals surface area contributed by atoms with Crippen molar-refractivity contribution in [3.8, 4) is 0 Å². The minimum Gasteiger partial charge on any atom is -0.326 e. The van der Waals surface area contributed by atoms with Crippen LogP contribution in [-0.2, 0) is 21.4 Å². The molecule has 0 spiro atoms. The van der Waals surface area contributed by atoms with Crippen LogP contribution in [-0.4, -0.2) is 30.9 Å². The second-order valence-electron chi connectivity index (χ2n) is 5.51. The smallest absolute Gasteiger partial charge is 0.244 e. The van der Waals surface area contributed by atoms with Crippen molar-refractivity contribution in [2.24, 2.45) is 0 Å². The van der Waals surface area contributed by atoms with Gasteiger partial charge >= 0.3 is 0 Å². The highest BCUT2D eigenvalue weighted by atomic mass is 16.2. The van der Waals surface area contributed by atoms with Gasteiger partial charge in [-0.25, -0.2) is 5.01 Å². The van der Waals surface area contributed by atoms with E-state index in [1.54, 1.807) is 19.1 Å². The lowest BCUT2D eigenvalue weighted by Crippen LogP contribution is -2.42. The predicted octanol–water partition coefficient (Wildman–Crippen LogP) is 0.806. The Kier molecular flexibility index (Phi) is 2.60. The van der Waals surface area contributed by atoms with Gasteiger partial charge in [0.2, 0.25) is 11.8 Å². The van der Waals surface area contributed by atoms with E-state index in [9.17, 15) is 9.59 Å². The van der Waals surface area contributed by atoms with Gasteiger partial charge in [0.1, 0.15) is 0 Å². The van der Waals surface area contributed by atoms with E-state index in [-0.39, 0.29) is 11.8 Å². The number of hydrogen-bond acceptors (Lipinski definition) is 3. The molecule has 19 heavy (non-hydrogen) atoms. The molecule has 0 atom stereocenters. The number of nitrogens with one attached hydrogen (secondary N) is 2. The molecule has 2 N–H and O–H groups in total. The maximum atomic E-state index is 12.3. The molecule has 1 aromatic rings. The van der Waals surface area contributed by atoms with Crippen LogP contribution in [0.25, 0.3) is 0 Å². The summed E-state index contributed by atoms with van der Waals surface area (Å²) in [6, 6.07) is 5.85. The summed E-state index contributed by atoms with van der Waals surface area (Å²) in [5.74, 6) is 0.0597. The highest BCUT2D eigenvalue weighted by Gasteiger charge is 2.51. The summed E-state index contributed by atoms with van der Waals surface area (Å²) in [5, 5.41) is 4.48. The van der Waals surface area contributed by atoms with Crippen molar-refractivity contribution >= 4 is 17.5 Å². The standard InChI is InChI=1S/C14H17N3O2/c1-17(2)16-13(19)14(5-6-14)10-3-4-11-9(7-10)8-12(18)15-11/h3-4,7H,5-6,8H2,1-2H3,(H,15,18)(H,16,19). The van der Waals surface area contributed by atoms with Gasteiger partial charge in [0.05, 0.1) is 11.8 Å². The van der Waals surface area contributed by atoms with E-state index < -0.39 is 5.41 Å². The summed E-state index contributed by atoms with van der Waals surface area (Å²) in [4.78, 5) is 23.6. The van der Waals surface area contributed by atoms with E-state index in [4.69, 9.17) is 0 Å². The summed E-state index contributed by atoms with van der Waals surface area (Å²) in [7, 11) is 3.61. The molecule has 3 rings (SSSR count). The van der Waals surface area contributed by atoms with Crippen LogP contribution < -0.4 is 10.7 Å². The summed E-state index contributed by atoms with van der Waals surface area (Å²) in [6.45, 7) is 0. The number of carbonyl (C=O) groups excluding carboxylic acids is 2. The molecule has 1 aliphatic heterocycles. The molecule has 1 aromatic carbocycles. The van der Waals surface area contributed by atoms with Crippen molar-refractivity contribution in [3.63, 3.8) is 0 Å². The molecule has 0 unspecified atom stereocenters. The summed E-state index contributed by atoms with van der Waals surface area (Å²) in [5.41, 5.74) is 5.32. The third-order valence-corrected chi connectivity index (χ3v) is 3.79. The topological polar surface area (TPSA) is 61.4 Å². The van der Waals surface area contributed by atoms with E-state index in [1.807, 2.05) is 18.2 Å². The Bertz CT molecular complexity index is 562. The average Bonchev–Trinajstić information content (AvgIpc) is 3.05. The van der Waals surface area contributed by atoms with Crippen LogP contribution in [0.15, 0.2) is 18.2 Å². The van der Waals surface area contributed by atoms with Crippen molar-refractivity contribution in [2.75, 3.05) is 19.4 Å². The summed E-state index contributed by atoms with van der Waals surface area (Å²) >= 11 is 0. The Morgan fingerprint density at radius 1 is 1.37 bits per heavy atom. The van der Waals surface area contributed by atoms with Gasteiger partial charge in [0.15, 0.2) is 0 Å². The first-order valence-corrected chi connectivity index (χ1v) is 6.43. The molecule has 2 aliphatic rings. The molecule has 5 heteroatoms. The molecular weight excluding hydrogens is 242 g/mol. The van der Waals surface area contributed by atoms with Crippen molar-refractivity contribution < 1.29 is 9.59 Å². The molecule has 1 aliphatic carbocycles. The summed E-state index contributed by atoms with van der Waals surface area (Å²) < 4.78 is 0. The van der Waals surface area contributed by atoms with E-state index in [1.165, 1.54) is 0 Å². The van der Waals surface area contributed by atoms with Crippen LogP contribution in [0.1, 0.15) is 24.0 Å². The molecular formula is C14H17N3O2. The molecule has 0 aromatic heterocycles. The molecule has 2 amide bonds. The normalized spacial score (nSPS) is 19.0. The fourth-order valence-electron chi connectivity index (χ4n) is 2.61. The number of benzene rings is 1. The van der Waals surface area contributed by atoms with Gasteiger partial charge in [-0.2, -0.15) is 0 Å². The highest BCUT2D eigenvalue weighted by Crippen LogP contribution is 2.49. The van der Waals surface area contributed by atoms with E-state index in [0.29, 0.717) is 6.42 Å². The number of carbonyl (C=O) groups is 2. The quantitative estimate of drug-likeness (QED) is 0.790. The highest BCUT2D eigenvalue weighted by molar-refractivity contribution is 5.99. The molecule has 1 fully saturated rings. The maximum Gasteiger partial charge on any atom is 0.244 e. The fraction of sp³-hybridized carbons (Fsp3) is 0.429.